The van der Waals surface area contributed by atoms with Gasteiger partial charge in [-0.1, -0.05) is 110 Å². The number of primary amides is 1. The van der Waals surface area contributed by atoms with Crippen molar-refractivity contribution in [2.24, 2.45) is 40.3 Å². The van der Waals surface area contributed by atoms with E-state index in [2.05, 4.69) is 81.4 Å². The zero-order valence-corrected chi connectivity index (χ0v) is 76.7. The topological polar surface area (TPSA) is 712 Å². The Morgan fingerprint density at radius 3 is 1.35 bits per heavy atom. The van der Waals surface area contributed by atoms with Crippen molar-refractivity contribution in [3.63, 3.8) is 0 Å². The average molecular weight is 1830 g/mol. The summed E-state index contributed by atoms with van der Waals surface area (Å²) in [7, 11) is 0. The Balaban J connectivity index is 2.48. The van der Waals surface area contributed by atoms with Gasteiger partial charge in [-0.3, -0.25) is 82.7 Å². The normalized spacial score (nSPS) is 16.1. The van der Waals surface area contributed by atoms with E-state index in [0.29, 0.717) is 44.2 Å². The summed E-state index contributed by atoms with van der Waals surface area (Å²) in [5.74, 6) is -15.5. The number of nitrogens with one attached hydrogen (secondary N) is 16. The van der Waals surface area contributed by atoms with E-state index >= 15 is 0 Å². The Labute approximate surface area is 756 Å². The molecule has 42 nitrogen and oxygen atoms in total. The van der Waals surface area contributed by atoms with Crippen LogP contribution in [0.3, 0.4) is 0 Å². The van der Waals surface area contributed by atoms with Crippen molar-refractivity contribution >= 4 is 112 Å². The number of hydrogen-bond donors (Lipinski definition) is 26. The van der Waals surface area contributed by atoms with E-state index in [0.717, 1.165) is 32.6 Å². The first kappa shape index (κ1) is 114. The Morgan fingerprint density at radius 2 is 0.891 bits per heavy atom. The number of aromatic hydroxyl groups is 1. The smallest absolute Gasteiger partial charge is 0.305 e. The predicted molar refractivity (Wildman–Crippen MR) is 485 cm³/mol. The van der Waals surface area contributed by atoms with Crippen LogP contribution in [0.15, 0.2) is 24.3 Å². The SMILES string of the molecule is CCCCCCCCCCCCCCCC(=O)N[C@@H](CCCCN)C(=O)N[C@@H](CCCCN)C(=O)N[C@H]1CC(C)N([C@@H](CCCNC(=N)N)C(=O)N[C@@H](CO)C(=O)N[C@@H](CCSC)C(=O)N[C@H](C(=O)N[C@@H](CC(=O)O)C(=O)N[C@@H](CCCCN)C(=O)N[C@@H](Cc2ccc(O)cc2)C(=O)N[C@@H](CCCNC(=N)N)C(=O)N[C@@H](CC(C)C)C(=O)N[C@@H](C)C(N)=O)[C@@H](C)O)C1=O. The largest absolute Gasteiger partial charge is 0.508 e. The zero-order chi connectivity index (χ0) is 95.8. The van der Waals surface area contributed by atoms with Gasteiger partial charge >= 0.3 is 5.97 Å². The maximum absolute atomic E-state index is 14.7. The van der Waals surface area contributed by atoms with Crippen molar-refractivity contribution in [1.82, 2.24) is 79.3 Å². The molecule has 0 bridgehead atoms. The highest BCUT2D eigenvalue weighted by atomic mass is 32.2. The highest BCUT2D eigenvalue weighted by Gasteiger charge is 2.46. The van der Waals surface area contributed by atoms with Crippen LogP contribution in [0.1, 0.15) is 246 Å². The van der Waals surface area contributed by atoms with E-state index < -0.39 is 198 Å². The number of hydrogen-bond acceptors (Lipinski definition) is 24. The summed E-state index contributed by atoms with van der Waals surface area (Å²) in [6.45, 7) is 9.44. The molecule has 1 fully saturated rings. The van der Waals surface area contributed by atoms with Crippen LogP contribution in [0.2, 0.25) is 0 Å². The van der Waals surface area contributed by atoms with Gasteiger partial charge in [-0.15, -0.1) is 0 Å². The molecule has 1 aromatic rings. The number of carbonyl (C=O) groups is 15. The molecule has 1 aliphatic heterocycles. The van der Waals surface area contributed by atoms with Gasteiger partial charge < -0.3 is 134 Å². The molecule has 14 amide bonds. The summed E-state index contributed by atoms with van der Waals surface area (Å²) < 4.78 is 0. The lowest BCUT2D eigenvalue weighted by Gasteiger charge is -2.32. The van der Waals surface area contributed by atoms with Crippen LogP contribution < -0.4 is 109 Å². The highest BCUT2D eigenvalue weighted by Crippen LogP contribution is 2.26. The number of aliphatic carboxylic acids is 1. The summed E-state index contributed by atoms with van der Waals surface area (Å²) in [5.41, 5.74) is 34.3. The molecule has 15 atom stereocenters. The highest BCUT2D eigenvalue weighted by molar-refractivity contribution is 7.98. The average Bonchev–Trinajstić information content (AvgIpc) is 1.64. The summed E-state index contributed by atoms with van der Waals surface area (Å²) in [6, 6.07) is -14.9. The predicted octanol–water partition coefficient (Wildman–Crippen LogP) is -1.71. The Bertz CT molecular complexity index is 3650. The lowest BCUT2D eigenvalue weighted by Crippen LogP contribution is -2.62. The number of carboxylic acids is 1. The van der Waals surface area contributed by atoms with Gasteiger partial charge in [0.05, 0.1) is 19.1 Å². The summed E-state index contributed by atoms with van der Waals surface area (Å²) in [6.07, 6.45) is 15.4. The van der Waals surface area contributed by atoms with Crippen LogP contribution in [0.5, 0.6) is 5.75 Å². The number of guanidine groups is 2. The second-order valence-electron chi connectivity index (χ2n) is 33.2. The first-order chi connectivity index (χ1) is 60.9. The Morgan fingerprint density at radius 1 is 0.484 bits per heavy atom. The van der Waals surface area contributed by atoms with Crippen molar-refractivity contribution in [3.8, 4) is 5.75 Å². The number of nitrogens with two attached hydrogens (primary N) is 6. The first-order valence-corrected chi connectivity index (χ1v) is 46.5. The molecule has 0 saturated carbocycles. The van der Waals surface area contributed by atoms with Gasteiger partial charge in [0.1, 0.15) is 84.3 Å². The van der Waals surface area contributed by atoms with E-state index in [1.807, 2.05) is 0 Å². The van der Waals surface area contributed by atoms with Crippen LogP contribution in [0.4, 0.5) is 0 Å². The number of benzene rings is 1. The first-order valence-electron chi connectivity index (χ1n) is 45.2. The summed E-state index contributed by atoms with van der Waals surface area (Å²) >= 11 is 1.21. The lowest BCUT2D eigenvalue weighted by atomic mass is 10.0. The van der Waals surface area contributed by atoms with Crippen LogP contribution in [0.25, 0.3) is 0 Å². The van der Waals surface area contributed by atoms with Crippen LogP contribution >= 0.6 is 11.8 Å². The molecule has 1 aromatic carbocycles. The van der Waals surface area contributed by atoms with Crippen LogP contribution in [-0.4, -0.2) is 268 Å². The fraction of sp³-hybridized carbons (Fsp3) is 0.729. The molecule has 1 aliphatic rings. The van der Waals surface area contributed by atoms with Gasteiger partial charge in [0.2, 0.25) is 82.7 Å². The van der Waals surface area contributed by atoms with Crippen molar-refractivity contribution in [2.75, 3.05) is 51.3 Å². The molecular formula is C85H151N23O19S. The molecule has 2 rings (SSSR count). The molecule has 32 N–H and O–H groups in total. The number of unbranched alkanes of at least 4 members (excludes halogenated alkanes) is 15. The second-order valence-corrected chi connectivity index (χ2v) is 34.2. The monoisotopic (exact) mass is 1830 g/mol. The molecule has 0 aromatic heterocycles. The van der Waals surface area contributed by atoms with E-state index in [1.54, 1.807) is 27.0 Å². The summed E-state index contributed by atoms with van der Waals surface area (Å²) in [4.78, 5) is 212. The number of carbonyl (C=O) groups excluding carboxylic acids is 14. The quantitative estimate of drug-likeness (QED) is 0.0196. The van der Waals surface area contributed by atoms with E-state index in [9.17, 15) is 92.3 Å². The fourth-order valence-corrected chi connectivity index (χ4v) is 14.9. The molecule has 0 aliphatic carbocycles. The minimum atomic E-state index is -2.08. The molecule has 1 saturated heterocycles. The maximum atomic E-state index is 14.7. The Kier molecular flexibility index (Phi) is 57.4. The minimum Gasteiger partial charge on any atom is -0.508 e. The third kappa shape index (κ3) is 46.1. The van der Waals surface area contributed by atoms with E-state index in [-0.39, 0.29) is 139 Å². The van der Waals surface area contributed by atoms with E-state index in [4.69, 9.17) is 45.2 Å². The number of likely N-dealkylation sites (tertiary alicyclic amines) is 1. The standard InChI is InChI=1S/C85H151N23O19S/c1-8-9-10-11-12-13-14-15-16-17-18-19-20-34-68(112)97-57(29-21-24-40-86)72(116)98-59(31-23-26-42-88)75(119)105-65-47-52(4)108(83(65)127)67(33-28-44-95-85(92)93)81(125)106-66(50-109)80(124)101-61(39-45-128-7)76(120)107-70(54(6)110)82(126)104-64(49-69(113)114)79(123)99-58(30-22-25-41-87)73(117)103-63(48-55-35-37-56(111)38-36-55)78(122)100-60(32-27-43-94-84(90)91)74(118)102-62(46-51(2)3)77(121)96-53(5)71(89)115/h35-38,51-54,57-67,70,109-111H,8-34,39-50,86-88H2,1-7H3,(H2,89,115)(H,96,121)(H,97,112)(H,98,116)(H,99,123)(H,100,122)(H,101,124)(H,102,118)(H,103,117)(H,104,126)(H,105,119)(H,106,125)(H,107,120)(H,113,114)(H4,90,91,94)(H4,92,93,95)/t52?,53-,54+,57-,58-,59-,60-,61-,62-,63-,64-,65-,66-,67-,70-/m0/s1. The van der Waals surface area contributed by atoms with Crippen LogP contribution in [0, 0.1) is 16.7 Å². The molecule has 0 radical (unpaired) electrons. The van der Waals surface area contributed by atoms with Crippen LogP contribution in [-0.2, 0) is 78.3 Å². The third-order valence-corrected chi connectivity index (χ3v) is 22.3. The molecule has 43 heteroatoms. The molecule has 1 unspecified atom stereocenters. The van der Waals surface area contributed by atoms with E-state index in [1.165, 1.54) is 99.2 Å². The minimum absolute atomic E-state index is 0.0272. The number of aliphatic hydroxyl groups is 2. The number of thioether (sulfide) groups is 1. The van der Waals surface area contributed by atoms with Gasteiger partial charge in [-0.2, -0.15) is 11.8 Å². The lowest BCUT2D eigenvalue weighted by molar-refractivity contribution is -0.142. The van der Waals surface area contributed by atoms with Gasteiger partial charge in [-0.05, 0) is 185 Å². The number of rotatable bonds is 70. The zero-order valence-electron chi connectivity index (χ0n) is 75.9. The molecule has 726 valence electrons. The maximum Gasteiger partial charge on any atom is 0.305 e. The number of aliphatic hydroxyl groups excluding tert-OH is 2. The van der Waals surface area contributed by atoms with Crippen molar-refractivity contribution in [3.05, 3.63) is 29.8 Å². The third-order valence-electron chi connectivity index (χ3n) is 21.7. The van der Waals surface area contributed by atoms with Crippen molar-refractivity contribution in [2.45, 2.75) is 338 Å². The number of carboxylic acid groups (broad SMARTS) is 1. The second kappa shape index (κ2) is 64.5. The van der Waals surface area contributed by atoms with Gasteiger partial charge in [-0.25, -0.2) is 0 Å². The molecule has 0 spiro atoms. The summed E-state index contributed by atoms with van der Waals surface area (Å²) in [5, 5.41) is 93.5. The van der Waals surface area contributed by atoms with Crippen molar-refractivity contribution in [1.29, 1.82) is 10.8 Å². The fourth-order valence-electron chi connectivity index (χ4n) is 14.4. The molecule has 1 heterocycles. The number of amides is 14. The van der Waals surface area contributed by atoms with Gasteiger partial charge in [0.25, 0.3) is 0 Å². The van der Waals surface area contributed by atoms with Gasteiger partial charge in [0, 0.05) is 32.0 Å². The number of nitrogens with zero attached hydrogens (tertiary/aromatic N) is 1. The van der Waals surface area contributed by atoms with Gasteiger partial charge in [0.15, 0.2) is 11.9 Å². The molecular weight excluding hydrogens is 1680 g/mol. The number of phenols is 1. The molecule has 128 heavy (non-hydrogen) atoms. The number of phenolic OH excluding ortho intramolecular Hbond substituents is 1. The van der Waals surface area contributed by atoms with Crippen molar-refractivity contribution < 1.29 is 92.3 Å². The Hall–Kier alpha value is -10.2.